The fourth-order valence-corrected chi connectivity index (χ4v) is 5.45. The third-order valence-electron chi connectivity index (χ3n) is 6.33. The van der Waals surface area contributed by atoms with Crippen molar-refractivity contribution in [2.24, 2.45) is 5.92 Å². The van der Waals surface area contributed by atoms with E-state index in [2.05, 4.69) is 5.32 Å². The van der Waals surface area contributed by atoms with Gasteiger partial charge in [0.05, 0.1) is 21.7 Å². The standard InChI is InChI=1S/C23H23ClF2N2O4S/c1-3-33(31,32)15-6-4-5-13(7-15)23(30)28-20-8-14(20)9-21(28)22(29)27-12(2)16-10-19(26)17(24)11-18(16)25/h4-7,10-12,14,20-21H,3,8-9H2,1-2H3,(H,27,29)/t12-,14?,20?,21?/m1/s1. The third-order valence-corrected chi connectivity index (χ3v) is 8.35. The summed E-state index contributed by atoms with van der Waals surface area (Å²) in [5.41, 5.74) is 0.137. The molecule has 1 N–H and O–H groups in total. The Balaban J connectivity index is 1.55. The number of amides is 2. The molecular formula is C23H23ClF2N2O4S. The molecule has 0 spiro atoms. The topological polar surface area (TPSA) is 83.6 Å². The molecule has 2 aliphatic rings. The molecule has 10 heteroatoms. The highest BCUT2D eigenvalue weighted by Crippen LogP contribution is 2.48. The zero-order valence-corrected chi connectivity index (χ0v) is 19.6. The summed E-state index contributed by atoms with van der Waals surface area (Å²) in [4.78, 5) is 27.9. The molecule has 3 unspecified atom stereocenters. The minimum Gasteiger partial charge on any atom is -0.348 e. The predicted molar refractivity (Wildman–Crippen MR) is 119 cm³/mol. The van der Waals surface area contributed by atoms with Crippen molar-refractivity contribution >= 4 is 33.3 Å². The van der Waals surface area contributed by atoms with Crippen LogP contribution in [-0.4, -0.2) is 43.0 Å². The average Bonchev–Trinajstić information content (AvgIpc) is 3.45. The van der Waals surface area contributed by atoms with Crippen molar-refractivity contribution in [3.63, 3.8) is 0 Å². The van der Waals surface area contributed by atoms with Gasteiger partial charge in [0.2, 0.25) is 5.91 Å². The van der Waals surface area contributed by atoms with Gasteiger partial charge in [-0.05, 0) is 56.0 Å². The van der Waals surface area contributed by atoms with Crippen molar-refractivity contribution < 1.29 is 26.8 Å². The van der Waals surface area contributed by atoms with Crippen LogP contribution in [0.5, 0.6) is 0 Å². The van der Waals surface area contributed by atoms with Crippen LogP contribution >= 0.6 is 11.6 Å². The van der Waals surface area contributed by atoms with E-state index in [4.69, 9.17) is 11.6 Å². The van der Waals surface area contributed by atoms with E-state index in [0.717, 1.165) is 18.6 Å². The van der Waals surface area contributed by atoms with Crippen molar-refractivity contribution in [1.29, 1.82) is 0 Å². The van der Waals surface area contributed by atoms with E-state index in [0.29, 0.717) is 6.42 Å². The van der Waals surface area contributed by atoms with E-state index in [1.807, 2.05) is 0 Å². The van der Waals surface area contributed by atoms with E-state index in [1.54, 1.807) is 0 Å². The zero-order chi connectivity index (χ0) is 24.1. The predicted octanol–water partition coefficient (Wildman–Crippen LogP) is 3.89. The summed E-state index contributed by atoms with van der Waals surface area (Å²) < 4.78 is 52.5. The molecule has 1 saturated heterocycles. The van der Waals surface area contributed by atoms with Crippen LogP contribution in [-0.2, 0) is 14.6 Å². The molecule has 2 aromatic rings. The molecule has 6 nitrogen and oxygen atoms in total. The lowest BCUT2D eigenvalue weighted by atomic mass is 10.1. The lowest BCUT2D eigenvalue weighted by molar-refractivity contribution is -0.126. The van der Waals surface area contributed by atoms with Gasteiger partial charge in [0.1, 0.15) is 17.7 Å². The van der Waals surface area contributed by atoms with Crippen LogP contribution in [0, 0.1) is 17.6 Å². The lowest BCUT2D eigenvalue weighted by Gasteiger charge is -2.28. The maximum Gasteiger partial charge on any atom is 0.254 e. The monoisotopic (exact) mass is 496 g/mol. The van der Waals surface area contributed by atoms with Crippen molar-refractivity contribution in [3.05, 3.63) is 64.2 Å². The summed E-state index contributed by atoms with van der Waals surface area (Å²) in [7, 11) is -3.49. The van der Waals surface area contributed by atoms with Crippen LogP contribution in [0.15, 0.2) is 41.3 Å². The van der Waals surface area contributed by atoms with Gasteiger partial charge >= 0.3 is 0 Å². The molecule has 4 atom stereocenters. The summed E-state index contributed by atoms with van der Waals surface area (Å²) in [6.07, 6.45) is 1.23. The molecular weight excluding hydrogens is 474 g/mol. The van der Waals surface area contributed by atoms with Crippen LogP contribution in [0.3, 0.4) is 0 Å². The van der Waals surface area contributed by atoms with Gasteiger partial charge in [-0.15, -0.1) is 0 Å². The fraction of sp³-hybridized carbons (Fsp3) is 0.391. The van der Waals surface area contributed by atoms with Gasteiger partial charge in [-0.1, -0.05) is 24.6 Å². The lowest BCUT2D eigenvalue weighted by Crippen LogP contribution is -2.48. The molecule has 33 heavy (non-hydrogen) atoms. The Bertz CT molecular complexity index is 1240. The second-order valence-corrected chi connectivity index (χ2v) is 11.2. The molecule has 1 aliphatic heterocycles. The van der Waals surface area contributed by atoms with Crippen LogP contribution in [0.4, 0.5) is 8.78 Å². The van der Waals surface area contributed by atoms with Crippen molar-refractivity contribution in [2.75, 3.05) is 5.75 Å². The van der Waals surface area contributed by atoms with Gasteiger partial charge in [0.25, 0.3) is 5.91 Å². The molecule has 1 heterocycles. The summed E-state index contributed by atoms with van der Waals surface area (Å²) in [5.74, 6) is -2.35. The Labute approximate surface area is 195 Å². The van der Waals surface area contributed by atoms with Crippen molar-refractivity contribution in [1.82, 2.24) is 10.2 Å². The molecule has 2 aromatic carbocycles. The first-order chi connectivity index (χ1) is 15.5. The number of likely N-dealkylation sites (tertiary alicyclic amines) is 1. The van der Waals surface area contributed by atoms with Crippen molar-refractivity contribution in [3.8, 4) is 0 Å². The van der Waals surface area contributed by atoms with Gasteiger partial charge in [-0.25, -0.2) is 17.2 Å². The maximum absolute atomic E-state index is 14.3. The van der Waals surface area contributed by atoms with Crippen LogP contribution < -0.4 is 5.32 Å². The fourth-order valence-electron chi connectivity index (χ4n) is 4.38. The number of rotatable bonds is 6. The molecule has 0 aromatic heterocycles. The second-order valence-electron chi connectivity index (χ2n) is 8.48. The molecule has 0 radical (unpaired) electrons. The van der Waals surface area contributed by atoms with E-state index in [-0.39, 0.29) is 38.8 Å². The Hall–Kier alpha value is -2.52. The molecule has 0 bridgehead atoms. The third kappa shape index (κ3) is 4.48. The number of sulfone groups is 1. The van der Waals surface area contributed by atoms with Gasteiger partial charge in [-0.3, -0.25) is 9.59 Å². The smallest absolute Gasteiger partial charge is 0.254 e. The van der Waals surface area contributed by atoms with Crippen molar-refractivity contribution in [2.45, 2.75) is 49.7 Å². The van der Waals surface area contributed by atoms with Gasteiger partial charge in [0.15, 0.2) is 9.84 Å². The molecule has 1 saturated carbocycles. The van der Waals surface area contributed by atoms with E-state index < -0.39 is 45.4 Å². The van der Waals surface area contributed by atoms with Crippen LogP contribution in [0.1, 0.15) is 48.7 Å². The Morgan fingerprint density at radius 3 is 2.61 bits per heavy atom. The number of nitrogens with zero attached hydrogens (tertiary/aromatic N) is 1. The normalized spacial score (nSPS) is 22.6. The number of fused-ring (bicyclic) bond motifs is 1. The quantitative estimate of drug-likeness (QED) is 0.615. The molecule has 2 amide bonds. The SMILES string of the molecule is CCS(=O)(=O)c1cccc(C(=O)N2C(C(=O)N[C@H](C)c3cc(F)c(Cl)cc3F)CC3CC32)c1. The van der Waals surface area contributed by atoms with Gasteiger partial charge in [0, 0.05) is 17.2 Å². The van der Waals surface area contributed by atoms with Gasteiger partial charge in [-0.2, -0.15) is 0 Å². The Morgan fingerprint density at radius 2 is 1.91 bits per heavy atom. The Kier molecular flexibility index (Phi) is 6.22. The van der Waals surface area contributed by atoms with E-state index in [9.17, 15) is 26.8 Å². The molecule has 2 fully saturated rings. The number of carbonyl (C=O) groups excluding carboxylic acids is 2. The molecule has 4 rings (SSSR count). The largest absolute Gasteiger partial charge is 0.348 e. The number of hydrogen-bond donors (Lipinski definition) is 1. The Morgan fingerprint density at radius 1 is 1.18 bits per heavy atom. The minimum absolute atomic E-state index is 0.0521. The van der Waals surface area contributed by atoms with E-state index in [1.165, 1.54) is 43.0 Å². The van der Waals surface area contributed by atoms with Gasteiger partial charge < -0.3 is 10.2 Å². The number of benzene rings is 2. The first-order valence-electron chi connectivity index (χ1n) is 10.6. The summed E-state index contributed by atoms with van der Waals surface area (Å²) in [6.45, 7) is 3.04. The number of piperidine rings is 1. The number of carbonyl (C=O) groups is 2. The highest BCUT2D eigenvalue weighted by molar-refractivity contribution is 7.91. The van der Waals surface area contributed by atoms with E-state index >= 15 is 0 Å². The highest BCUT2D eigenvalue weighted by atomic mass is 35.5. The summed E-state index contributed by atoms with van der Waals surface area (Å²) >= 11 is 5.60. The highest BCUT2D eigenvalue weighted by Gasteiger charge is 2.56. The summed E-state index contributed by atoms with van der Waals surface area (Å²) in [6, 6.07) is 5.86. The summed E-state index contributed by atoms with van der Waals surface area (Å²) in [5, 5.41) is 2.32. The zero-order valence-electron chi connectivity index (χ0n) is 18.0. The first-order valence-corrected chi connectivity index (χ1v) is 12.7. The molecule has 1 aliphatic carbocycles. The van der Waals surface area contributed by atoms with Crippen LogP contribution in [0.25, 0.3) is 0 Å². The number of halogens is 3. The van der Waals surface area contributed by atoms with Crippen LogP contribution in [0.2, 0.25) is 5.02 Å². The number of hydrogen-bond acceptors (Lipinski definition) is 4. The second kappa shape index (κ2) is 8.68. The first kappa shape index (κ1) is 23.6. The number of nitrogens with one attached hydrogen (secondary N) is 1. The average molecular weight is 497 g/mol. The minimum atomic E-state index is -3.49. The molecule has 176 valence electrons. The maximum atomic E-state index is 14.3.